The van der Waals surface area contributed by atoms with Gasteiger partial charge in [-0.1, -0.05) is 38.1 Å². The Bertz CT molecular complexity index is 654. The number of aliphatic carboxylic acids is 2. The maximum atomic E-state index is 11.1. The van der Waals surface area contributed by atoms with E-state index in [0.717, 1.165) is 0 Å². The van der Waals surface area contributed by atoms with E-state index in [9.17, 15) is 18.0 Å². The summed E-state index contributed by atoms with van der Waals surface area (Å²) in [7, 11) is -5.01. The van der Waals surface area contributed by atoms with E-state index >= 15 is 0 Å². The summed E-state index contributed by atoms with van der Waals surface area (Å²) < 4.78 is 28.6. The average molecular weight is 354 g/mol. The first kappa shape index (κ1) is 22.1. The summed E-state index contributed by atoms with van der Waals surface area (Å²) in [6.07, 6.45) is -0.735. The molecule has 0 spiro atoms. The van der Waals surface area contributed by atoms with Gasteiger partial charge < -0.3 is 11.6 Å². The van der Waals surface area contributed by atoms with Crippen molar-refractivity contribution in [2.24, 2.45) is 5.92 Å². The third-order valence-electron chi connectivity index (χ3n) is 3.84. The van der Waals surface area contributed by atoms with Gasteiger partial charge in [0.2, 0.25) is 4.75 Å². The molecule has 0 saturated carbocycles. The molecule has 2 unspecified atom stereocenters. The number of hydrogen-bond donors (Lipinski definition) is 3. The largest absolute Gasteiger partial charge is 1.00 e. The molecule has 9 heteroatoms. The molecule has 0 saturated heterocycles. The smallest absolute Gasteiger partial charge is 1.00 e. The fourth-order valence-electron chi connectivity index (χ4n) is 2.39. The average Bonchev–Trinajstić information content (AvgIpc) is 2.38. The number of carboxylic acid groups (broad SMARTS) is 2. The van der Waals surface area contributed by atoms with Gasteiger partial charge in [0.05, 0.1) is 5.92 Å². The van der Waals surface area contributed by atoms with Crippen molar-refractivity contribution in [3.63, 3.8) is 0 Å². The minimum Gasteiger partial charge on any atom is -1.00 e. The number of rotatable bonds is 6. The fourth-order valence-corrected chi connectivity index (χ4v) is 3.60. The van der Waals surface area contributed by atoms with Crippen LogP contribution in [0.25, 0.3) is 11.1 Å². The van der Waals surface area contributed by atoms with E-state index in [-0.39, 0.29) is 37.4 Å². The van der Waals surface area contributed by atoms with Crippen LogP contribution in [-0.4, -0.2) is 39.9 Å². The number of hydrogen-bond acceptors (Lipinski definition) is 4. The minimum atomic E-state index is -5.01. The van der Waals surface area contributed by atoms with Crippen LogP contribution in [-0.2, 0) is 19.7 Å². The Balaban J connectivity index is 0. The standard InChI is InChI=1S/C8H14O7S.C6H4.Na.H/c1-3-5(6(9)10)8(4-2,7(11)12)16(13,14)15;1-2-6-4-3-5(1)6;;/h5H,3-4H2,1-2H3,(H,9,10)(H,11,12)(H,13,14,15);1-4H;;/q;;+1;-1. The van der Waals surface area contributed by atoms with Crippen molar-refractivity contribution in [1.82, 2.24) is 0 Å². The molecule has 23 heavy (non-hydrogen) atoms. The summed E-state index contributed by atoms with van der Waals surface area (Å²) in [4.78, 5) is 21.8. The molecule has 0 aromatic carbocycles. The van der Waals surface area contributed by atoms with Gasteiger partial charge in [-0.15, -0.1) is 0 Å². The fraction of sp³-hybridized carbons (Fsp3) is 0.429. The Hall–Kier alpha value is -0.930. The molecule has 0 aliphatic heterocycles. The molecule has 2 aliphatic rings. The molecule has 3 N–H and O–H groups in total. The van der Waals surface area contributed by atoms with Crippen molar-refractivity contribution in [3.8, 4) is 11.1 Å². The first-order valence-corrected chi connectivity index (χ1v) is 8.09. The van der Waals surface area contributed by atoms with Gasteiger partial charge in [-0.05, 0) is 24.0 Å². The zero-order valence-corrected chi connectivity index (χ0v) is 16.0. The van der Waals surface area contributed by atoms with Crippen molar-refractivity contribution in [2.75, 3.05) is 0 Å². The summed E-state index contributed by atoms with van der Waals surface area (Å²) in [5, 5.41) is 17.7. The van der Waals surface area contributed by atoms with E-state index in [2.05, 4.69) is 24.3 Å². The molecule has 7 nitrogen and oxygen atoms in total. The van der Waals surface area contributed by atoms with E-state index in [1.54, 1.807) is 0 Å². The molecule has 124 valence electrons. The van der Waals surface area contributed by atoms with Crippen LogP contribution >= 0.6 is 0 Å². The van der Waals surface area contributed by atoms with Gasteiger partial charge in [0.25, 0.3) is 10.1 Å². The van der Waals surface area contributed by atoms with Crippen molar-refractivity contribution in [1.29, 1.82) is 0 Å². The molecule has 0 aromatic rings. The monoisotopic (exact) mass is 354 g/mol. The number of fused-ring (bicyclic) bond motifs is 1. The van der Waals surface area contributed by atoms with Crippen molar-refractivity contribution >= 4 is 22.1 Å². The van der Waals surface area contributed by atoms with Crippen molar-refractivity contribution in [2.45, 2.75) is 31.4 Å². The zero-order chi connectivity index (χ0) is 17.1. The van der Waals surface area contributed by atoms with Gasteiger partial charge in [0.15, 0.2) is 0 Å². The third kappa shape index (κ3) is 4.13. The maximum Gasteiger partial charge on any atom is 1.00 e. The topological polar surface area (TPSA) is 129 Å². The molecule has 0 amide bonds. The first-order chi connectivity index (χ1) is 10.1. The van der Waals surface area contributed by atoms with Crippen LogP contribution < -0.4 is 29.6 Å². The number of carbonyl (C=O) groups is 2. The molecule has 0 radical (unpaired) electrons. The Morgan fingerprint density at radius 3 is 1.57 bits per heavy atom. The summed E-state index contributed by atoms with van der Waals surface area (Å²) >= 11 is 0. The van der Waals surface area contributed by atoms with Crippen LogP contribution in [0, 0.1) is 5.92 Å². The van der Waals surface area contributed by atoms with Gasteiger partial charge in [-0.3, -0.25) is 14.1 Å². The van der Waals surface area contributed by atoms with Gasteiger partial charge in [0, 0.05) is 0 Å². The molecule has 0 aromatic heterocycles. The number of carboxylic acids is 2. The zero-order valence-electron chi connectivity index (χ0n) is 14.2. The summed E-state index contributed by atoms with van der Waals surface area (Å²) in [5.74, 6) is -5.11. The second-order valence-corrected chi connectivity index (χ2v) is 6.58. The summed E-state index contributed by atoms with van der Waals surface area (Å²) in [6.45, 7) is 2.55. The van der Waals surface area contributed by atoms with Crippen LogP contribution in [0.2, 0.25) is 0 Å². The maximum absolute atomic E-state index is 11.1. The Morgan fingerprint density at radius 2 is 1.52 bits per heavy atom. The Labute approximate surface area is 158 Å². The molecule has 0 bridgehead atoms. The van der Waals surface area contributed by atoms with E-state index in [4.69, 9.17) is 14.8 Å². The predicted octanol–water partition coefficient (Wildman–Crippen LogP) is -0.998. The van der Waals surface area contributed by atoms with E-state index in [0.29, 0.717) is 0 Å². The van der Waals surface area contributed by atoms with Gasteiger partial charge in [-0.2, -0.15) is 8.42 Å². The molecule has 0 heterocycles. The van der Waals surface area contributed by atoms with E-state index in [1.165, 1.54) is 25.0 Å². The molecule has 2 aliphatic carbocycles. The molecular weight excluding hydrogens is 335 g/mol. The Morgan fingerprint density at radius 1 is 1.13 bits per heavy atom. The van der Waals surface area contributed by atoms with Crippen LogP contribution in [0.1, 0.15) is 28.1 Å². The van der Waals surface area contributed by atoms with Crippen LogP contribution in [0.4, 0.5) is 0 Å². The molecule has 2 rings (SSSR count). The Kier molecular flexibility index (Phi) is 7.92. The van der Waals surface area contributed by atoms with Crippen LogP contribution in [0.15, 0.2) is 24.3 Å². The minimum absolute atomic E-state index is 0. The SMILES string of the molecule is CCC(C(=O)O)C(CC)(C(=O)O)S(=O)(=O)O.[H-].[Na+].c1cc2ccc1-2. The van der Waals surface area contributed by atoms with E-state index in [1.807, 2.05) is 0 Å². The van der Waals surface area contributed by atoms with Crippen molar-refractivity contribution < 1.29 is 63.8 Å². The molecule has 2 atom stereocenters. The van der Waals surface area contributed by atoms with Gasteiger partial charge >= 0.3 is 41.5 Å². The second kappa shape index (κ2) is 8.25. The third-order valence-corrected chi connectivity index (χ3v) is 5.50. The summed E-state index contributed by atoms with van der Waals surface area (Å²) in [5.41, 5.74) is 2.85. The van der Waals surface area contributed by atoms with Crippen LogP contribution in [0.5, 0.6) is 0 Å². The normalized spacial score (nSPS) is 15.1. The quantitative estimate of drug-likeness (QED) is 0.448. The van der Waals surface area contributed by atoms with Gasteiger partial charge in [-0.25, -0.2) is 0 Å². The van der Waals surface area contributed by atoms with Crippen LogP contribution in [0.3, 0.4) is 0 Å². The van der Waals surface area contributed by atoms with Gasteiger partial charge in [0.1, 0.15) is 0 Å². The second-order valence-electron chi connectivity index (χ2n) is 4.90. The van der Waals surface area contributed by atoms with E-state index < -0.39 is 39.1 Å². The number of benzene rings is 1. The molecular formula is C14H19NaO7S. The van der Waals surface area contributed by atoms with Crippen molar-refractivity contribution in [3.05, 3.63) is 24.3 Å². The predicted molar refractivity (Wildman–Crippen MR) is 80.2 cm³/mol. The summed E-state index contributed by atoms with van der Waals surface area (Å²) in [6, 6.07) is 8.48. The first-order valence-electron chi connectivity index (χ1n) is 6.65. The molecule has 0 fully saturated rings.